The summed E-state index contributed by atoms with van der Waals surface area (Å²) in [6, 6.07) is 5.88. The Morgan fingerprint density at radius 2 is 1.77 bits per heavy atom. The SMILES string of the molecule is CC(C)(C)C(NC(=O)c1cc2cc(C(F)(F)P(=O)(O)O)ccc2s1)C(=O)N1CCC[C@H]1C(=O)N1CCOC(c2ccc(F)c(F)c2)C1. The Bertz CT molecular complexity index is 1760. The van der Waals surface area contributed by atoms with Gasteiger partial charge in [-0.05, 0) is 59.5 Å². The predicted octanol–water partition coefficient (Wildman–Crippen LogP) is 5.14. The first-order chi connectivity index (χ1) is 21.9. The molecular formula is C31H34F4N3O7PS. The highest BCUT2D eigenvalue weighted by Crippen LogP contribution is 2.59. The number of amides is 3. The third-order valence-corrected chi connectivity index (χ3v) is 10.5. The van der Waals surface area contributed by atoms with Gasteiger partial charge in [0.25, 0.3) is 5.91 Å². The molecule has 47 heavy (non-hydrogen) atoms. The summed E-state index contributed by atoms with van der Waals surface area (Å²) in [7, 11) is -5.79. The van der Waals surface area contributed by atoms with E-state index in [1.165, 1.54) is 28.0 Å². The van der Waals surface area contributed by atoms with Gasteiger partial charge >= 0.3 is 13.3 Å². The second-order valence-corrected chi connectivity index (χ2v) is 15.5. The minimum atomic E-state index is -5.79. The standard InChI is InChI=1S/C31H34F4N3O7PS/c1-30(2,3)26(36-27(39)25-15-18-13-19(7-9-24(18)47-25)31(34,35)46(42,43)44)29(41)38-10-4-5-22(38)28(40)37-11-12-45-23(16-37)17-6-8-20(32)21(33)14-17/h6-9,13-15,22-23,26H,4-5,10-12,16H2,1-3H3,(H,36,39)(H2,42,43,44)/t22-,23?,26?/m0/s1. The maximum Gasteiger partial charge on any atom is 0.399 e. The Kier molecular flexibility index (Phi) is 9.61. The first-order valence-corrected chi connectivity index (χ1v) is 17.3. The van der Waals surface area contributed by atoms with Gasteiger partial charge in [0.05, 0.1) is 18.0 Å². The van der Waals surface area contributed by atoms with Gasteiger partial charge in [-0.1, -0.05) is 32.9 Å². The molecular weight excluding hydrogens is 665 g/mol. The lowest BCUT2D eigenvalue weighted by molar-refractivity contribution is -0.150. The van der Waals surface area contributed by atoms with Crippen molar-refractivity contribution in [3.8, 4) is 0 Å². The Labute approximate surface area is 271 Å². The summed E-state index contributed by atoms with van der Waals surface area (Å²) in [5.41, 5.74) is -5.74. The number of carbonyl (C=O) groups excluding carboxylic acids is 3. The Balaban J connectivity index is 1.32. The second-order valence-electron chi connectivity index (χ2n) is 12.7. The number of benzene rings is 2. The maximum absolute atomic E-state index is 14.3. The molecule has 5 rings (SSSR count). The molecule has 2 saturated heterocycles. The molecule has 1 aromatic heterocycles. The number of ether oxygens (including phenoxy) is 1. The maximum atomic E-state index is 14.3. The molecule has 10 nitrogen and oxygen atoms in total. The number of morpholine rings is 1. The van der Waals surface area contributed by atoms with E-state index in [0.29, 0.717) is 23.1 Å². The number of thiophene rings is 1. The molecule has 0 radical (unpaired) electrons. The number of fused-ring (bicyclic) bond motifs is 1. The van der Waals surface area contributed by atoms with Crippen LogP contribution >= 0.6 is 18.9 Å². The van der Waals surface area contributed by atoms with Gasteiger partial charge < -0.3 is 29.6 Å². The average molecular weight is 700 g/mol. The van der Waals surface area contributed by atoms with Gasteiger partial charge in [0.15, 0.2) is 11.6 Å². The van der Waals surface area contributed by atoms with Gasteiger partial charge in [0.2, 0.25) is 11.8 Å². The van der Waals surface area contributed by atoms with Crippen molar-refractivity contribution >= 4 is 46.7 Å². The molecule has 2 aliphatic heterocycles. The summed E-state index contributed by atoms with van der Waals surface area (Å²) in [5, 5.41) is 2.92. The number of hydrogen-bond acceptors (Lipinski definition) is 6. The van der Waals surface area contributed by atoms with Gasteiger partial charge in [-0.25, -0.2) is 8.78 Å². The normalized spacial score (nSPS) is 20.0. The van der Waals surface area contributed by atoms with E-state index in [1.807, 2.05) is 0 Å². The van der Waals surface area contributed by atoms with Crippen molar-refractivity contribution in [2.45, 2.75) is 57.5 Å². The van der Waals surface area contributed by atoms with Crippen LogP contribution < -0.4 is 5.32 Å². The molecule has 0 bridgehead atoms. The summed E-state index contributed by atoms with van der Waals surface area (Å²) in [6.45, 7) is 5.99. The molecule has 254 valence electrons. The van der Waals surface area contributed by atoms with E-state index in [2.05, 4.69) is 5.32 Å². The summed E-state index contributed by atoms with van der Waals surface area (Å²) in [6.07, 6.45) is 0.248. The van der Waals surface area contributed by atoms with E-state index in [0.717, 1.165) is 35.6 Å². The largest absolute Gasteiger partial charge is 0.399 e. The predicted molar refractivity (Wildman–Crippen MR) is 165 cm³/mol. The molecule has 2 unspecified atom stereocenters. The molecule has 3 aromatic rings. The summed E-state index contributed by atoms with van der Waals surface area (Å²) >= 11 is 0.960. The van der Waals surface area contributed by atoms with Crippen molar-refractivity contribution in [2.75, 3.05) is 26.2 Å². The first-order valence-electron chi connectivity index (χ1n) is 14.8. The van der Waals surface area contributed by atoms with Crippen LogP contribution in [0.4, 0.5) is 17.6 Å². The van der Waals surface area contributed by atoms with Crippen LogP contribution in [0.25, 0.3) is 10.1 Å². The number of halogens is 4. The lowest BCUT2D eigenvalue weighted by Crippen LogP contribution is -2.58. The molecule has 3 N–H and O–H groups in total. The van der Waals surface area contributed by atoms with Crippen LogP contribution in [0.1, 0.15) is 60.5 Å². The minimum absolute atomic E-state index is 0.0790. The summed E-state index contributed by atoms with van der Waals surface area (Å²) < 4.78 is 73.4. The lowest BCUT2D eigenvalue weighted by atomic mass is 9.85. The van der Waals surface area contributed by atoms with Crippen LogP contribution in [0, 0.1) is 17.0 Å². The highest BCUT2D eigenvalue weighted by Gasteiger charge is 2.50. The zero-order valence-corrected chi connectivity index (χ0v) is 27.4. The van der Waals surface area contributed by atoms with E-state index < -0.39 is 65.9 Å². The van der Waals surface area contributed by atoms with Crippen LogP contribution in [0.2, 0.25) is 0 Å². The molecule has 2 fully saturated rings. The minimum Gasteiger partial charge on any atom is -0.370 e. The molecule has 0 aliphatic carbocycles. The number of nitrogens with one attached hydrogen (secondary N) is 1. The quantitative estimate of drug-likeness (QED) is 0.230. The Morgan fingerprint density at radius 1 is 1.04 bits per heavy atom. The van der Waals surface area contributed by atoms with E-state index in [-0.39, 0.29) is 42.4 Å². The number of hydrogen-bond donors (Lipinski definition) is 3. The van der Waals surface area contributed by atoms with Gasteiger partial charge in [-0.3, -0.25) is 18.9 Å². The smallest absolute Gasteiger partial charge is 0.370 e. The van der Waals surface area contributed by atoms with Gasteiger partial charge in [-0.2, -0.15) is 8.78 Å². The summed E-state index contributed by atoms with van der Waals surface area (Å²) in [4.78, 5) is 62.5. The van der Waals surface area contributed by atoms with Crippen molar-refractivity contribution in [1.29, 1.82) is 0 Å². The van der Waals surface area contributed by atoms with Crippen molar-refractivity contribution in [3.63, 3.8) is 0 Å². The topological polar surface area (TPSA) is 136 Å². The van der Waals surface area contributed by atoms with E-state index in [1.54, 1.807) is 20.8 Å². The number of carbonyl (C=O) groups is 3. The van der Waals surface area contributed by atoms with E-state index >= 15 is 0 Å². The molecule has 2 aromatic carbocycles. The summed E-state index contributed by atoms with van der Waals surface area (Å²) in [5.74, 6) is -3.48. The fourth-order valence-corrected chi connectivity index (χ4v) is 7.21. The molecule has 3 atom stereocenters. The number of alkyl halides is 2. The van der Waals surface area contributed by atoms with E-state index in [4.69, 9.17) is 14.5 Å². The molecule has 0 saturated carbocycles. The molecule has 2 aliphatic rings. The number of rotatable bonds is 7. The fourth-order valence-electron chi connectivity index (χ4n) is 5.79. The van der Waals surface area contributed by atoms with Crippen LogP contribution in [-0.2, 0) is 24.6 Å². The van der Waals surface area contributed by atoms with Gasteiger partial charge in [0.1, 0.15) is 18.2 Å². The molecule has 3 amide bonds. The first kappa shape index (κ1) is 35.0. The van der Waals surface area contributed by atoms with Gasteiger partial charge in [0, 0.05) is 23.4 Å². The highest BCUT2D eigenvalue weighted by molar-refractivity contribution is 7.52. The lowest BCUT2D eigenvalue weighted by Gasteiger charge is -2.38. The third-order valence-electron chi connectivity index (χ3n) is 8.36. The average Bonchev–Trinajstić information content (AvgIpc) is 3.67. The highest BCUT2D eigenvalue weighted by atomic mass is 32.1. The molecule has 3 heterocycles. The van der Waals surface area contributed by atoms with E-state index in [9.17, 15) is 36.5 Å². The van der Waals surface area contributed by atoms with Crippen molar-refractivity contribution < 1.29 is 51.0 Å². The number of nitrogens with zero attached hydrogens (tertiary/aromatic N) is 2. The van der Waals surface area contributed by atoms with Crippen LogP contribution in [0.3, 0.4) is 0 Å². The van der Waals surface area contributed by atoms with Crippen LogP contribution in [0.15, 0.2) is 42.5 Å². The van der Waals surface area contributed by atoms with Crippen molar-refractivity contribution in [3.05, 3.63) is 70.1 Å². The molecule has 0 spiro atoms. The third kappa shape index (κ3) is 7.09. The molecule has 16 heteroatoms. The second kappa shape index (κ2) is 12.9. The monoisotopic (exact) mass is 699 g/mol. The zero-order chi connectivity index (χ0) is 34.5. The Morgan fingerprint density at radius 3 is 2.43 bits per heavy atom. The number of likely N-dealkylation sites (tertiary alicyclic amines) is 1. The van der Waals surface area contributed by atoms with Crippen LogP contribution in [-0.4, -0.2) is 75.6 Å². The van der Waals surface area contributed by atoms with Crippen molar-refractivity contribution in [1.82, 2.24) is 15.1 Å². The zero-order valence-electron chi connectivity index (χ0n) is 25.7. The van der Waals surface area contributed by atoms with Crippen LogP contribution in [0.5, 0.6) is 0 Å². The fraction of sp³-hybridized carbons (Fsp3) is 0.452. The van der Waals surface area contributed by atoms with Crippen molar-refractivity contribution in [2.24, 2.45) is 5.41 Å². The van der Waals surface area contributed by atoms with Gasteiger partial charge in [-0.15, -0.1) is 11.3 Å². The Hall–Kier alpha value is -3.36.